The Morgan fingerprint density at radius 3 is 2.63 bits per heavy atom. The van der Waals surface area contributed by atoms with E-state index in [-0.39, 0.29) is 11.9 Å². The van der Waals surface area contributed by atoms with Crippen LogP contribution in [0.4, 0.5) is 0 Å². The highest BCUT2D eigenvalue weighted by atomic mass is 16.3. The highest BCUT2D eigenvalue weighted by molar-refractivity contribution is 5.92. The summed E-state index contributed by atoms with van der Waals surface area (Å²) in [4.78, 5) is 14.7. The van der Waals surface area contributed by atoms with Crippen LogP contribution in [0.2, 0.25) is 0 Å². The molecular formula is C15H18N2O2. The molecule has 0 spiro atoms. The number of benzene rings is 1. The Morgan fingerprint density at radius 2 is 2.00 bits per heavy atom. The smallest absolute Gasteiger partial charge is 0.267 e. The van der Waals surface area contributed by atoms with E-state index in [1.165, 1.54) is 0 Å². The molecule has 1 aromatic heterocycles. The fourth-order valence-corrected chi connectivity index (χ4v) is 1.88. The average Bonchev–Trinajstić information content (AvgIpc) is 2.93. The first-order chi connectivity index (χ1) is 9.16. The van der Waals surface area contributed by atoms with Crippen LogP contribution in [0.15, 0.2) is 48.7 Å². The van der Waals surface area contributed by atoms with Gasteiger partial charge < -0.3 is 15.4 Å². The summed E-state index contributed by atoms with van der Waals surface area (Å²) in [7, 11) is 0. The standard InChI is InChI=1S/C15H18N2O2/c1-11(17-15(19)13-8-5-9-16-13)14(18)10-12-6-3-2-4-7-12/h2-9,11,14,16,18H,10H2,1H3,(H,17,19). The summed E-state index contributed by atoms with van der Waals surface area (Å²) in [5.41, 5.74) is 1.55. The van der Waals surface area contributed by atoms with Crippen molar-refractivity contribution in [1.29, 1.82) is 0 Å². The molecule has 1 heterocycles. The molecule has 100 valence electrons. The Labute approximate surface area is 112 Å². The van der Waals surface area contributed by atoms with E-state index < -0.39 is 6.10 Å². The molecule has 19 heavy (non-hydrogen) atoms. The number of nitrogens with one attached hydrogen (secondary N) is 2. The van der Waals surface area contributed by atoms with Gasteiger partial charge in [-0.15, -0.1) is 0 Å². The maximum absolute atomic E-state index is 11.8. The van der Waals surface area contributed by atoms with E-state index in [4.69, 9.17) is 0 Å². The lowest BCUT2D eigenvalue weighted by molar-refractivity contribution is 0.0847. The topological polar surface area (TPSA) is 65.1 Å². The third kappa shape index (κ3) is 3.69. The number of aromatic amines is 1. The summed E-state index contributed by atoms with van der Waals surface area (Å²) < 4.78 is 0. The number of aliphatic hydroxyl groups is 1. The molecule has 0 aliphatic rings. The predicted octanol–water partition coefficient (Wildman–Crippen LogP) is 1.74. The second-order valence-corrected chi connectivity index (χ2v) is 4.60. The van der Waals surface area contributed by atoms with Gasteiger partial charge in [0.1, 0.15) is 5.69 Å². The van der Waals surface area contributed by atoms with Gasteiger partial charge in [-0.25, -0.2) is 0 Å². The highest BCUT2D eigenvalue weighted by Gasteiger charge is 2.18. The molecule has 0 saturated heterocycles. The van der Waals surface area contributed by atoms with Crippen LogP contribution in [-0.4, -0.2) is 28.1 Å². The molecule has 2 unspecified atom stereocenters. The van der Waals surface area contributed by atoms with Crippen molar-refractivity contribution in [2.45, 2.75) is 25.5 Å². The highest BCUT2D eigenvalue weighted by Crippen LogP contribution is 2.06. The monoisotopic (exact) mass is 258 g/mol. The normalized spacial score (nSPS) is 13.8. The minimum atomic E-state index is -0.610. The fraction of sp³-hybridized carbons (Fsp3) is 0.267. The van der Waals surface area contributed by atoms with E-state index in [9.17, 15) is 9.90 Å². The van der Waals surface area contributed by atoms with Crippen molar-refractivity contribution in [3.8, 4) is 0 Å². The average molecular weight is 258 g/mol. The van der Waals surface area contributed by atoms with Crippen LogP contribution >= 0.6 is 0 Å². The third-order valence-electron chi connectivity index (χ3n) is 3.07. The molecule has 4 heteroatoms. The first kappa shape index (κ1) is 13.4. The summed E-state index contributed by atoms with van der Waals surface area (Å²) in [5.74, 6) is -0.204. The number of hydrogen-bond donors (Lipinski definition) is 3. The minimum absolute atomic E-state index is 0.204. The van der Waals surface area contributed by atoms with Gasteiger partial charge in [-0.3, -0.25) is 4.79 Å². The Balaban J connectivity index is 1.89. The molecule has 0 bridgehead atoms. The van der Waals surface area contributed by atoms with E-state index in [2.05, 4.69) is 10.3 Å². The zero-order valence-electron chi connectivity index (χ0n) is 10.8. The number of carbonyl (C=O) groups is 1. The van der Waals surface area contributed by atoms with Gasteiger partial charge in [0.25, 0.3) is 5.91 Å². The molecule has 0 radical (unpaired) electrons. The number of aromatic nitrogens is 1. The molecule has 0 fully saturated rings. The van der Waals surface area contributed by atoms with Crippen LogP contribution in [0.3, 0.4) is 0 Å². The first-order valence-corrected chi connectivity index (χ1v) is 6.33. The molecule has 4 nitrogen and oxygen atoms in total. The van der Waals surface area contributed by atoms with Crippen molar-refractivity contribution in [2.75, 3.05) is 0 Å². The number of rotatable bonds is 5. The summed E-state index contributed by atoms with van der Waals surface area (Å²) in [5, 5.41) is 12.9. The SMILES string of the molecule is CC(NC(=O)c1ccc[nH]1)C(O)Cc1ccccc1. The van der Waals surface area contributed by atoms with E-state index in [1.807, 2.05) is 30.3 Å². The molecule has 1 aromatic carbocycles. The maximum Gasteiger partial charge on any atom is 0.267 e. The van der Waals surface area contributed by atoms with Crippen molar-refractivity contribution in [3.63, 3.8) is 0 Å². The molecule has 0 aliphatic heterocycles. The molecular weight excluding hydrogens is 240 g/mol. The molecule has 3 N–H and O–H groups in total. The van der Waals surface area contributed by atoms with E-state index >= 15 is 0 Å². The molecule has 0 aliphatic carbocycles. The number of aliphatic hydroxyl groups excluding tert-OH is 1. The lowest BCUT2D eigenvalue weighted by Crippen LogP contribution is -2.42. The van der Waals surface area contributed by atoms with Crippen LogP contribution in [0.25, 0.3) is 0 Å². The number of amides is 1. The first-order valence-electron chi connectivity index (χ1n) is 6.33. The van der Waals surface area contributed by atoms with Crippen LogP contribution in [0, 0.1) is 0 Å². The Bertz CT molecular complexity index is 508. The van der Waals surface area contributed by atoms with Crippen LogP contribution in [0.1, 0.15) is 23.0 Å². The van der Waals surface area contributed by atoms with E-state index in [1.54, 1.807) is 25.3 Å². The van der Waals surface area contributed by atoms with E-state index in [0.717, 1.165) is 5.56 Å². The Kier molecular flexibility index (Phi) is 4.36. The molecule has 0 saturated carbocycles. The van der Waals surface area contributed by atoms with Crippen molar-refractivity contribution in [3.05, 3.63) is 59.9 Å². The van der Waals surface area contributed by atoms with Crippen molar-refractivity contribution < 1.29 is 9.90 Å². The van der Waals surface area contributed by atoms with Gasteiger partial charge in [-0.2, -0.15) is 0 Å². The van der Waals surface area contributed by atoms with Gasteiger partial charge in [0.15, 0.2) is 0 Å². The second kappa shape index (κ2) is 6.20. The lowest BCUT2D eigenvalue weighted by Gasteiger charge is -2.20. The van der Waals surface area contributed by atoms with Gasteiger partial charge in [0, 0.05) is 12.6 Å². The van der Waals surface area contributed by atoms with Crippen molar-refractivity contribution in [2.24, 2.45) is 0 Å². The van der Waals surface area contributed by atoms with Crippen LogP contribution in [0.5, 0.6) is 0 Å². The van der Waals surface area contributed by atoms with Gasteiger partial charge >= 0.3 is 0 Å². The van der Waals surface area contributed by atoms with Gasteiger partial charge in [-0.1, -0.05) is 30.3 Å². The van der Waals surface area contributed by atoms with Crippen LogP contribution in [-0.2, 0) is 6.42 Å². The van der Waals surface area contributed by atoms with Gasteiger partial charge in [0.05, 0.1) is 12.1 Å². The quantitative estimate of drug-likeness (QED) is 0.764. The number of hydrogen-bond acceptors (Lipinski definition) is 2. The molecule has 2 atom stereocenters. The maximum atomic E-state index is 11.8. The van der Waals surface area contributed by atoms with Crippen molar-refractivity contribution >= 4 is 5.91 Å². The summed E-state index contributed by atoms with van der Waals surface area (Å²) in [6.45, 7) is 1.80. The zero-order valence-corrected chi connectivity index (χ0v) is 10.8. The van der Waals surface area contributed by atoms with E-state index in [0.29, 0.717) is 12.1 Å². The summed E-state index contributed by atoms with van der Waals surface area (Å²) >= 11 is 0. The largest absolute Gasteiger partial charge is 0.391 e. The Hall–Kier alpha value is -2.07. The van der Waals surface area contributed by atoms with Crippen molar-refractivity contribution in [1.82, 2.24) is 10.3 Å². The minimum Gasteiger partial charge on any atom is -0.391 e. The third-order valence-corrected chi connectivity index (χ3v) is 3.07. The van der Waals surface area contributed by atoms with Gasteiger partial charge in [0.2, 0.25) is 0 Å². The number of H-pyrrole nitrogens is 1. The number of carbonyl (C=O) groups excluding carboxylic acids is 1. The van der Waals surface area contributed by atoms with Crippen LogP contribution < -0.4 is 5.32 Å². The second-order valence-electron chi connectivity index (χ2n) is 4.60. The molecule has 2 aromatic rings. The summed E-state index contributed by atoms with van der Waals surface area (Å²) in [6, 6.07) is 12.9. The lowest BCUT2D eigenvalue weighted by atomic mass is 10.0. The fourth-order valence-electron chi connectivity index (χ4n) is 1.88. The molecule has 2 rings (SSSR count). The Morgan fingerprint density at radius 1 is 1.26 bits per heavy atom. The van der Waals surface area contributed by atoms with Gasteiger partial charge in [-0.05, 0) is 24.6 Å². The predicted molar refractivity (Wildman–Crippen MR) is 73.9 cm³/mol. The summed E-state index contributed by atoms with van der Waals surface area (Å²) in [6.07, 6.45) is 1.61. The zero-order chi connectivity index (χ0) is 13.7. The molecule has 1 amide bonds.